The minimum absolute atomic E-state index is 0.268. The zero-order valence-electron chi connectivity index (χ0n) is 12.5. The highest BCUT2D eigenvalue weighted by molar-refractivity contribution is 5.84. The van der Waals surface area contributed by atoms with Crippen LogP contribution in [0.4, 0.5) is 0 Å². The fourth-order valence-corrected chi connectivity index (χ4v) is 2.19. The Hall–Kier alpha value is -2.13. The van der Waals surface area contributed by atoms with Gasteiger partial charge >= 0.3 is 0 Å². The van der Waals surface area contributed by atoms with Crippen molar-refractivity contribution in [3.05, 3.63) is 71.8 Å². The van der Waals surface area contributed by atoms with Gasteiger partial charge < -0.3 is 10.0 Å². The Morgan fingerprint density at radius 1 is 0.905 bits per heavy atom. The maximum absolute atomic E-state index is 12.4. The van der Waals surface area contributed by atoms with Gasteiger partial charge in [-0.2, -0.15) is 0 Å². The Bertz CT molecular complexity index is 532. The summed E-state index contributed by atoms with van der Waals surface area (Å²) in [6.07, 6.45) is 0. The van der Waals surface area contributed by atoms with Crippen molar-refractivity contribution in [3.63, 3.8) is 0 Å². The summed E-state index contributed by atoms with van der Waals surface area (Å²) < 4.78 is 0. The van der Waals surface area contributed by atoms with Crippen LogP contribution in [0.2, 0.25) is 0 Å². The molecule has 0 saturated heterocycles. The molecule has 2 rings (SSSR count). The van der Waals surface area contributed by atoms with Crippen LogP contribution >= 0.6 is 0 Å². The predicted octanol–water partition coefficient (Wildman–Crippen LogP) is 2.99. The molecular weight excluding hydrogens is 262 g/mol. The van der Waals surface area contributed by atoms with E-state index in [4.69, 9.17) is 0 Å². The van der Waals surface area contributed by atoms with Gasteiger partial charge in [-0.3, -0.25) is 4.79 Å². The lowest BCUT2D eigenvalue weighted by Gasteiger charge is -2.29. The summed E-state index contributed by atoms with van der Waals surface area (Å²) in [6.45, 7) is 4.02. The van der Waals surface area contributed by atoms with Crippen molar-refractivity contribution < 1.29 is 9.90 Å². The number of amides is 1. The number of nitrogens with zero attached hydrogens (tertiary/aromatic N) is 1. The van der Waals surface area contributed by atoms with E-state index < -0.39 is 5.60 Å². The van der Waals surface area contributed by atoms with E-state index in [9.17, 15) is 9.90 Å². The van der Waals surface area contributed by atoms with Gasteiger partial charge in [-0.25, -0.2) is 0 Å². The van der Waals surface area contributed by atoms with E-state index in [2.05, 4.69) is 0 Å². The van der Waals surface area contributed by atoms with Gasteiger partial charge in [-0.05, 0) is 25.0 Å². The molecule has 0 aliphatic heterocycles. The smallest absolute Gasteiger partial charge is 0.254 e. The lowest BCUT2D eigenvalue weighted by Crippen LogP contribution is -2.44. The van der Waals surface area contributed by atoms with Crippen molar-refractivity contribution in [1.29, 1.82) is 0 Å². The Balaban J connectivity index is 2.20. The molecular formula is C18H21NO2. The van der Waals surface area contributed by atoms with Crippen LogP contribution < -0.4 is 0 Å². The van der Waals surface area contributed by atoms with E-state index >= 15 is 0 Å². The van der Waals surface area contributed by atoms with Gasteiger partial charge in [0.1, 0.15) is 5.60 Å². The Morgan fingerprint density at radius 3 is 1.62 bits per heavy atom. The molecule has 0 aliphatic carbocycles. The van der Waals surface area contributed by atoms with Gasteiger partial charge in [0.05, 0.1) is 0 Å². The van der Waals surface area contributed by atoms with Gasteiger partial charge in [0, 0.05) is 13.1 Å². The van der Waals surface area contributed by atoms with Crippen LogP contribution in [-0.4, -0.2) is 21.5 Å². The quantitative estimate of drug-likeness (QED) is 0.916. The largest absolute Gasteiger partial charge is 0.381 e. The lowest BCUT2D eigenvalue weighted by atomic mass is 10.1. The highest BCUT2D eigenvalue weighted by atomic mass is 16.3. The molecule has 110 valence electrons. The Labute approximate surface area is 125 Å². The summed E-state index contributed by atoms with van der Waals surface area (Å²) in [6, 6.07) is 19.6. The van der Waals surface area contributed by atoms with Gasteiger partial charge in [-0.15, -0.1) is 0 Å². The van der Waals surface area contributed by atoms with Crippen molar-refractivity contribution in [2.24, 2.45) is 0 Å². The molecule has 1 N–H and O–H groups in total. The molecule has 0 spiro atoms. The first-order valence-corrected chi connectivity index (χ1v) is 7.06. The molecule has 2 aromatic rings. The van der Waals surface area contributed by atoms with Gasteiger partial charge in [0.15, 0.2) is 0 Å². The zero-order valence-corrected chi connectivity index (χ0v) is 12.5. The second kappa shape index (κ2) is 6.55. The molecule has 0 fully saturated rings. The first kappa shape index (κ1) is 15.3. The second-order valence-electron chi connectivity index (χ2n) is 5.69. The summed E-state index contributed by atoms with van der Waals surface area (Å²) in [5.41, 5.74) is 0.723. The highest BCUT2D eigenvalue weighted by Crippen LogP contribution is 2.15. The van der Waals surface area contributed by atoms with Crippen molar-refractivity contribution in [1.82, 2.24) is 4.90 Å². The third kappa shape index (κ3) is 4.43. The molecule has 1 amide bonds. The molecule has 0 atom stereocenters. The average molecular weight is 283 g/mol. The maximum atomic E-state index is 12.4. The number of rotatable bonds is 5. The summed E-state index contributed by atoms with van der Waals surface area (Å²) in [7, 11) is 0. The van der Waals surface area contributed by atoms with Gasteiger partial charge in [-0.1, -0.05) is 60.7 Å². The Kier molecular flexibility index (Phi) is 4.76. The molecule has 21 heavy (non-hydrogen) atoms. The first-order valence-electron chi connectivity index (χ1n) is 7.06. The third-order valence-corrected chi connectivity index (χ3v) is 3.24. The minimum Gasteiger partial charge on any atom is -0.381 e. The average Bonchev–Trinajstić information content (AvgIpc) is 2.47. The van der Waals surface area contributed by atoms with E-state index in [1.807, 2.05) is 60.7 Å². The maximum Gasteiger partial charge on any atom is 0.254 e. The summed E-state index contributed by atoms with van der Waals surface area (Å²) >= 11 is 0. The van der Waals surface area contributed by atoms with Crippen LogP contribution in [0.15, 0.2) is 60.7 Å². The lowest BCUT2D eigenvalue weighted by molar-refractivity contribution is -0.149. The SMILES string of the molecule is CC(C)(O)C(=O)N(Cc1ccccc1)Cc1ccccc1. The van der Waals surface area contributed by atoms with Gasteiger partial charge in [0.25, 0.3) is 5.91 Å². The van der Waals surface area contributed by atoms with Crippen LogP contribution in [0, 0.1) is 0 Å². The number of carbonyl (C=O) groups excluding carboxylic acids is 1. The number of benzene rings is 2. The summed E-state index contributed by atoms with van der Waals surface area (Å²) in [4.78, 5) is 14.1. The van der Waals surface area contributed by atoms with Crippen LogP contribution in [-0.2, 0) is 17.9 Å². The fourth-order valence-electron chi connectivity index (χ4n) is 2.19. The predicted molar refractivity (Wildman–Crippen MR) is 83.4 cm³/mol. The topological polar surface area (TPSA) is 40.5 Å². The van der Waals surface area contributed by atoms with E-state index in [0.29, 0.717) is 13.1 Å². The van der Waals surface area contributed by atoms with E-state index in [1.165, 1.54) is 13.8 Å². The number of carbonyl (C=O) groups is 1. The monoisotopic (exact) mass is 283 g/mol. The summed E-state index contributed by atoms with van der Waals surface area (Å²) in [5, 5.41) is 10.0. The molecule has 0 unspecified atom stereocenters. The number of hydrogen-bond donors (Lipinski definition) is 1. The van der Waals surface area contributed by atoms with Crippen molar-refractivity contribution in [3.8, 4) is 0 Å². The summed E-state index contributed by atoms with van der Waals surface area (Å²) in [5.74, 6) is -0.268. The third-order valence-electron chi connectivity index (χ3n) is 3.24. The highest BCUT2D eigenvalue weighted by Gasteiger charge is 2.29. The van der Waals surface area contributed by atoms with E-state index in [1.54, 1.807) is 4.90 Å². The minimum atomic E-state index is -1.37. The number of hydrogen-bond acceptors (Lipinski definition) is 2. The molecule has 0 aromatic heterocycles. The first-order chi connectivity index (χ1) is 9.97. The normalized spacial score (nSPS) is 11.2. The van der Waals surface area contributed by atoms with Crippen molar-refractivity contribution in [2.45, 2.75) is 32.5 Å². The van der Waals surface area contributed by atoms with Crippen LogP contribution in [0.1, 0.15) is 25.0 Å². The van der Waals surface area contributed by atoms with Crippen molar-refractivity contribution >= 4 is 5.91 Å². The molecule has 0 bridgehead atoms. The molecule has 0 radical (unpaired) electrons. The molecule has 3 nitrogen and oxygen atoms in total. The number of aliphatic hydroxyl groups is 1. The standard InChI is InChI=1S/C18H21NO2/c1-18(2,21)17(20)19(13-15-9-5-3-6-10-15)14-16-11-7-4-8-12-16/h3-12,21H,13-14H2,1-2H3. The molecule has 0 saturated carbocycles. The van der Waals surface area contributed by atoms with Crippen molar-refractivity contribution in [2.75, 3.05) is 0 Å². The van der Waals surface area contributed by atoms with Crippen LogP contribution in [0.25, 0.3) is 0 Å². The van der Waals surface area contributed by atoms with E-state index in [0.717, 1.165) is 11.1 Å². The molecule has 0 aliphatic rings. The molecule has 2 aromatic carbocycles. The second-order valence-corrected chi connectivity index (χ2v) is 5.69. The molecule has 0 heterocycles. The van der Waals surface area contributed by atoms with E-state index in [-0.39, 0.29) is 5.91 Å². The van der Waals surface area contributed by atoms with Crippen LogP contribution in [0.3, 0.4) is 0 Å². The molecule has 3 heteroatoms. The van der Waals surface area contributed by atoms with Crippen LogP contribution in [0.5, 0.6) is 0 Å². The zero-order chi connectivity index (χ0) is 15.3. The Morgan fingerprint density at radius 2 is 1.29 bits per heavy atom. The fraction of sp³-hybridized carbons (Fsp3) is 0.278. The van der Waals surface area contributed by atoms with Gasteiger partial charge in [0.2, 0.25) is 0 Å².